The molecule has 2 fully saturated rings. The second-order valence-corrected chi connectivity index (χ2v) is 5.18. The molecule has 1 saturated heterocycles. The number of aryl methyl sites for hydroxylation is 1. The van der Waals surface area contributed by atoms with Gasteiger partial charge in [-0.05, 0) is 19.3 Å². The van der Waals surface area contributed by atoms with Crippen molar-refractivity contribution in [1.29, 1.82) is 0 Å². The molecule has 1 saturated carbocycles. The maximum absolute atomic E-state index is 4.21. The van der Waals surface area contributed by atoms with Gasteiger partial charge in [-0.15, -0.1) is 0 Å². The van der Waals surface area contributed by atoms with Crippen LogP contribution in [0.15, 0.2) is 12.4 Å². The van der Waals surface area contributed by atoms with Gasteiger partial charge in [-0.3, -0.25) is 9.58 Å². The van der Waals surface area contributed by atoms with Crippen LogP contribution in [0.5, 0.6) is 0 Å². The molecule has 2 heterocycles. The van der Waals surface area contributed by atoms with Crippen LogP contribution >= 0.6 is 0 Å². The molecule has 1 aromatic heterocycles. The van der Waals surface area contributed by atoms with Crippen molar-refractivity contribution < 1.29 is 0 Å². The monoisotopic (exact) mass is 220 g/mol. The summed E-state index contributed by atoms with van der Waals surface area (Å²) in [6, 6.07) is 1.56. The zero-order valence-electron chi connectivity index (χ0n) is 9.89. The van der Waals surface area contributed by atoms with Crippen molar-refractivity contribution >= 4 is 0 Å². The van der Waals surface area contributed by atoms with Crippen LogP contribution in [0.4, 0.5) is 0 Å². The number of nitrogens with zero attached hydrogens (tertiary/aromatic N) is 3. The Morgan fingerprint density at radius 1 is 1.38 bits per heavy atom. The van der Waals surface area contributed by atoms with Gasteiger partial charge in [0.2, 0.25) is 0 Å². The number of likely N-dealkylation sites (tertiary alicyclic amines) is 1. The molecule has 0 radical (unpaired) electrons. The summed E-state index contributed by atoms with van der Waals surface area (Å²) in [6.45, 7) is 3.47. The SMILES string of the molecule is Cn1cc(CN2CCC(NC3CC3)C2)cn1. The third kappa shape index (κ3) is 2.44. The molecule has 1 atom stereocenters. The van der Waals surface area contributed by atoms with Gasteiger partial charge in [0.1, 0.15) is 0 Å². The summed E-state index contributed by atoms with van der Waals surface area (Å²) in [7, 11) is 1.98. The standard InChI is InChI=1S/C12H20N4/c1-15-7-10(6-13-15)8-16-5-4-12(9-16)14-11-2-3-11/h6-7,11-12,14H,2-5,8-9H2,1H3. The largest absolute Gasteiger partial charge is 0.310 e. The van der Waals surface area contributed by atoms with Gasteiger partial charge in [-0.1, -0.05) is 0 Å². The summed E-state index contributed by atoms with van der Waals surface area (Å²) in [5.74, 6) is 0. The van der Waals surface area contributed by atoms with E-state index < -0.39 is 0 Å². The van der Waals surface area contributed by atoms with Crippen LogP contribution in [0, 0.1) is 0 Å². The van der Waals surface area contributed by atoms with Crippen LogP contribution in [-0.4, -0.2) is 39.9 Å². The van der Waals surface area contributed by atoms with E-state index in [9.17, 15) is 0 Å². The maximum Gasteiger partial charge on any atom is 0.0534 e. The highest BCUT2D eigenvalue weighted by molar-refractivity contribution is 5.04. The fourth-order valence-corrected chi connectivity index (χ4v) is 2.51. The van der Waals surface area contributed by atoms with Crippen molar-refractivity contribution in [3.05, 3.63) is 18.0 Å². The molecule has 0 spiro atoms. The number of nitrogens with one attached hydrogen (secondary N) is 1. The van der Waals surface area contributed by atoms with Crippen LogP contribution in [0.1, 0.15) is 24.8 Å². The van der Waals surface area contributed by atoms with Crippen LogP contribution in [0.3, 0.4) is 0 Å². The minimum Gasteiger partial charge on any atom is -0.310 e. The molecule has 0 aromatic carbocycles. The van der Waals surface area contributed by atoms with E-state index in [2.05, 4.69) is 21.5 Å². The van der Waals surface area contributed by atoms with Crippen molar-refractivity contribution in [2.75, 3.05) is 13.1 Å². The molecule has 0 bridgehead atoms. The summed E-state index contributed by atoms with van der Waals surface area (Å²) in [5.41, 5.74) is 1.33. The van der Waals surface area contributed by atoms with Gasteiger partial charge in [0.05, 0.1) is 6.20 Å². The first-order chi connectivity index (χ1) is 7.79. The minimum absolute atomic E-state index is 0.726. The average molecular weight is 220 g/mol. The van der Waals surface area contributed by atoms with Crippen molar-refractivity contribution in [1.82, 2.24) is 20.0 Å². The van der Waals surface area contributed by atoms with Gasteiger partial charge in [-0.2, -0.15) is 5.10 Å². The molecule has 16 heavy (non-hydrogen) atoms. The topological polar surface area (TPSA) is 33.1 Å². The van der Waals surface area contributed by atoms with Gasteiger partial charge in [0.25, 0.3) is 0 Å². The lowest BCUT2D eigenvalue weighted by Gasteiger charge is -2.15. The normalized spacial score (nSPS) is 26.4. The fourth-order valence-electron chi connectivity index (χ4n) is 2.51. The zero-order chi connectivity index (χ0) is 11.0. The van der Waals surface area contributed by atoms with E-state index >= 15 is 0 Å². The van der Waals surface area contributed by atoms with E-state index in [1.165, 1.54) is 37.9 Å². The number of rotatable bonds is 4. The third-order valence-electron chi connectivity index (χ3n) is 3.49. The predicted molar refractivity (Wildman–Crippen MR) is 63.0 cm³/mol. The molecule has 3 rings (SSSR count). The first-order valence-corrected chi connectivity index (χ1v) is 6.25. The quantitative estimate of drug-likeness (QED) is 0.812. The first kappa shape index (κ1) is 10.3. The molecule has 1 N–H and O–H groups in total. The zero-order valence-corrected chi connectivity index (χ0v) is 9.89. The van der Waals surface area contributed by atoms with Gasteiger partial charge in [-0.25, -0.2) is 0 Å². The lowest BCUT2D eigenvalue weighted by Crippen LogP contribution is -2.33. The van der Waals surface area contributed by atoms with E-state index in [-0.39, 0.29) is 0 Å². The smallest absolute Gasteiger partial charge is 0.0534 e. The second-order valence-electron chi connectivity index (χ2n) is 5.18. The molecule has 2 aliphatic rings. The Kier molecular flexibility index (Phi) is 2.69. The maximum atomic E-state index is 4.21. The second kappa shape index (κ2) is 4.18. The van der Waals surface area contributed by atoms with Crippen molar-refractivity contribution in [3.63, 3.8) is 0 Å². The molecular formula is C12H20N4. The van der Waals surface area contributed by atoms with E-state index in [1.54, 1.807) is 0 Å². The Hall–Kier alpha value is -0.870. The molecule has 0 amide bonds. The Bertz CT molecular complexity index is 356. The van der Waals surface area contributed by atoms with Gasteiger partial charge in [0.15, 0.2) is 0 Å². The first-order valence-electron chi connectivity index (χ1n) is 6.25. The summed E-state index contributed by atoms with van der Waals surface area (Å²) < 4.78 is 1.88. The lowest BCUT2D eigenvalue weighted by molar-refractivity contribution is 0.319. The van der Waals surface area contributed by atoms with Crippen LogP contribution in [-0.2, 0) is 13.6 Å². The number of aromatic nitrogens is 2. The Balaban J connectivity index is 1.49. The Labute approximate surface area is 96.6 Å². The highest BCUT2D eigenvalue weighted by atomic mass is 15.2. The average Bonchev–Trinajstić information content (AvgIpc) is 2.80. The predicted octanol–water partition coefficient (Wildman–Crippen LogP) is 0.746. The van der Waals surface area contributed by atoms with E-state index in [0.717, 1.165) is 18.6 Å². The summed E-state index contributed by atoms with van der Waals surface area (Å²) in [5, 5.41) is 7.92. The highest BCUT2D eigenvalue weighted by Crippen LogP contribution is 2.22. The summed E-state index contributed by atoms with van der Waals surface area (Å²) in [4.78, 5) is 2.52. The number of hydrogen-bond acceptors (Lipinski definition) is 3. The van der Waals surface area contributed by atoms with Crippen LogP contribution < -0.4 is 5.32 Å². The summed E-state index contributed by atoms with van der Waals surface area (Å²) in [6.07, 6.45) is 8.16. The van der Waals surface area contributed by atoms with Crippen molar-refractivity contribution in [2.45, 2.75) is 37.9 Å². The fraction of sp³-hybridized carbons (Fsp3) is 0.750. The molecule has 1 aliphatic carbocycles. The van der Waals surface area contributed by atoms with Crippen molar-refractivity contribution in [3.8, 4) is 0 Å². The lowest BCUT2D eigenvalue weighted by atomic mass is 10.2. The molecule has 88 valence electrons. The van der Waals surface area contributed by atoms with E-state index in [0.29, 0.717) is 0 Å². The minimum atomic E-state index is 0.726. The van der Waals surface area contributed by atoms with Gasteiger partial charge in [0, 0.05) is 50.5 Å². The molecule has 1 unspecified atom stereocenters. The van der Waals surface area contributed by atoms with E-state index in [4.69, 9.17) is 0 Å². The Morgan fingerprint density at radius 3 is 2.94 bits per heavy atom. The van der Waals surface area contributed by atoms with E-state index in [1.807, 2.05) is 17.9 Å². The molecule has 4 nitrogen and oxygen atoms in total. The molecule has 4 heteroatoms. The van der Waals surface area contributed by atoms with Crippen molar-refractivity contribution in [2.24, 2.45) is 7.05 Å². The molecule has 1 aromatic rings. The highest BCUT2D eigenvalue weighted by Gasteiger charge is 2.29. The summed E-state index contributed by atoms with van der Waals surface area (Å²) >= 11 is 0. The van der Waals surface area contributed by atoms with Gasteiger partial charge < -0.3 is 5.32 Å². The number of hydrogen-bond donors (Lipinski definition) is 1. The molecule has 1 aliphatic heterocycles. The Morgan fingerprint density at radius 2 is 2.25 bits per heavy atom. The van der Waals surface area contributed by atoms with Gasteiger partial charge >= 0.3 is 0 Å². The van der Waals surface area contributed by atoms with Crippen LogP contribution in [0.2, 0.25) is 0 Å². The molecular weight excluding hydrogens is 200 g/mol. The third-order valence-corrected chi connectivity index (χ3v) is 3.49. The van der Waals surface area contributed by atoms with Crippen LogP contribution in [0.25, 0.3) is 0 Å².